The molecule has 1 N–H and O–H groups in total. The second-order valence-corrected chi connectivity index (χ2v) is 6.56. The van der Waals surface area contributed by atoms with Crippen LogP contribution < -0.4 is 5.32 Å². The zero-order valence-electron chi connectivity index (χ0n) is 13.7. The van der Waals surface area contributed by atoms with Crippen molar-refractivity contribution < 1.29 is 4.79 Å². The Balaban J connectivity index is 1.76. The van der Waals surface area contributed by atoms with Crippen LogP contribution in [-0.2, 0) is 13.5 Å². The van der Waals surface area contributed by atoms with Gasteiger partial charge in [-0.05, 0) is 38.0 Å². The summed E-state index contributed by atoms with van der Waals surface area (Å²) in [5, 5.41) is 4.08. The van der Waals surface area contributed by atoms with Crippen molar-refractivity contribution in [3.05, 3.63) is 66.0 Å². The van der Waals surface area contributed by atoms with Gasteiger partial charge in [-0.1, -0.05) is 30.3 Å². The van der Waals surface area contributed by atoms with Gasteiger partial charge in [0.25, 0.3) is 5.91 Å². The Morgan fingerprint density at radius 3 is 2.70 bits per heavy atom. The molecule has 2 heterocycles. The third-order valence-corrected chi connectivity index (χ3v) is 3.91. The molecule has 0 radical (unpaired) electrons. The SMILES string of the molecule is Cn1ccc2cc(C(=O)NC(C)(C)Cc3ccccc3)cnc21. The lowest BCUT2D eigenvalue weighted by molar-refractivity contribution is 0.0913. The fraction of sp³-hybridized carbons (Fsp3) is 0.263. The molecule has 0 aliphatic heterocycles. The summed E-state index contributed by atoms with van der Waals surface area (Å²) in [7, 11) is 1.94. The Hall–Kier alpha value is -2.62. The van der Waals surface area contributed by atoms with E-state index in [4.69, 9.17) is 0 Å². The first-order valence-corrected chi connectivity index (χ1v) is 7.72. The molecule has 1 amide bonds. The zero-order valence-corrected chi connectivity index (χ0v) is 13.7. The Bertz CT molecular complexity index is 834. The molecular weight excluding hydrogens is 286 g/mol. The first-order chi connectivity index (χ1) is 10.9. The number of nitrogens with one attached hydrogen (secondary N) is 1. The molecule has 1 aromatic carbocycles. The summed E-state index contributed by atoms with van der Waals surface area (Å²) in [4.78, 5) is 16.9. The molecule has 0 aliphatic rings. The number of benzene rings is 1. The molecule has 0 saturated heterocycles. The van der Waals surface area contributed by atoms with Gasteiger partial charge in [-0.15, -0.1) is 0 Å². The third-order valence-electron chi connectivity index (χ3n) is 3.91. The van der Waals surface area contributed by atoms with Crippen LogP contribution in [0.3, 0.4) is 0 Å². The zero-order chi connectivity index (χ0) is 16.4. The average molecular weight is 307 g/mol. The smallest absolute Gasteiger partial charge is 0.253 e. The van der Waals surface area contributed by atoms with Crippen LogP contribution in [0.5, 0.6) is 0 Å². The molecule has 0 atom stereocenters. The van der Waals surface area contributed by atoms with E-state index < -0.39 is 0 Å². The standard InChI is InChI=1S/C19H21N3O/c1-19(2,12-14-7-5-4-6-8-14)21-18(23)16-11-15-9-10-22(3)17(15)20-13-16/h4-11,13H,12H2,1-3H3,(H,21,23). The monoisotopic (exact) mass is 307 g/mol. The number of fused-ring (bicyclic) bond motifs is 1. The maximum absolute atomic E-state index is 12.5. The van der Waals surface area contributed by atoms with E-state index in [0.717, 1.165) is 17.5 Å². The van der Waals surface area contributed by atoms with Gasteiger partial charge in [0, 0.05) is 30.4 Å². The van der Waals surface area contributed by atoms with Gasteiger partial charge >= 0.3 is 0 Å². The van der Waals surface area contributed by atoms with E-state index in [2.05, 4.69) is 22.4 Å². The summed E-state index contributed by atoms with van der Waals surface area (Å²) in [6.07, 6.45) is 4.36. The van der Waals surface area contributed by atoms with Crippen LogP contribution in [-0.4, -0.2) is 21.0 Å². The van der Waals surface area contributed by atoms with Gasteiger partial charge in [-0.25, -0.2) is 4.98 Å². The number of aromatic nitrogens is 2. The maximum atomic E-state index is 12.5. The molecule has 2 aromatic heterocycles. The van der Waals surface area contributed by atoms with Gasteiger partial charge in [0.05, 0.1) is 5.56 Å². The second kappa shape index (κ2) is 5.88. The number of pyridine rings is 1. The Kier molecular flexibility index (Phi) is 3.90. The molecular formula is C19H21N3O. The number of carbonyl (C=O) groups is 1. The van der Waals surface area contributed by atoms with Crippen molar-refractivity contribution in [2.24, 2.45) is 7.05 Å². The number of amides is 1. The van der Waals surface area contributed by atoms with E-state index in [9.17, 15) is 4.79 Å². The van der Waals surface area contributed by atoms with Gasteiger partial charge in [0.1, 0.15) is 5.65 Å². The summed E-state index contributed by atoms with van der Waals surface area (Å²) in [5.41, 5.74) is 2.34. The van der Waals surface area contributed by atoms with Crippen LogP contribution in [0.1, 0.15) is 29.8 Å². The van der Waals surface area contributed by atoms with Crippen molar-refractivity contribution in [2.75, 3.05) is 0 Å². The Labute approximate surface area is 136 Å². The van der Waals surface area contributed by atoms with Crippen molar-refractivity contribution in [3.63, 3.8) is 0 Å². The van der Waals surface area contributed by atoms with Crippen LogP contribution in [0, 0.1) is 0 Å². The molecule has 0 spiro atoms. The molecule has 4 nitrogen and oxygen atoms in total. The number of carbonyl (C=O) groups excluding carboxylic acids is 1. The quantitative estimate of drug-likeness (QED) is 0.803. The van der Waals surface area contributed by atoms with Gasteiger partial charge in [-0.2, -0.15) is 0 Å². The van der Waals surface area contributed by atoms with E-state index in [1.54, 1.807) is 6.20 Å². The molecule has 23 heavy (non-hydrogen) atoms. The molecule has 4 heteroatoms. The Morgan fingerprint density at radius 1 is 1.22 bits per heavy atom. The van der Waals surface area contributed by atoms with Crippen molar-refractivity contribution in [1.82, 2.24) is 14.9 Å². The minimum absolute atomic E-state index is 0.0933. The van der Waals surface area contributed by atoms with Crippen LogP contribution in [0.4, 0.5) is 0 Å². The van der Waals surface area contributed by atoms with E-state index in [-0.39, 0.29) is 11.4 Å². The normalized spacial score (nSPS) is 11.6. The minimum atomic E-state index is -0.329. The number of hydrogen-bond acceptors (Lipinski definition) is 2. The average Bonchev–Trinajstić information content (AvgIpc) is 2.88. The summed E-state index contributed by atoms with van der Waals surface area (Å²) in [5.74, 6) is -0.0933. The van der Waals surface area contributed by atoms with Gasteiger partial charge in [-0.3, -0.25) is 4.79 Å². The fourth-order valence-electron chi connectivity index (χ4n) is 2.81. The topological polar surface area (TPSA) is 46.9 Å². The molecule has 0 saturated carbocycles. The third kappa shape index (κ3) is 3.42. The molecule has 3 aromatic rings. The van der Waals surface area contributed by atoms with E-state index in [1.165, 1.54) is 5.56 Å². The molecule has 3 rings (SSSR count). The van der Waals surface area contributed by atoms with Crippen molar-refractivity contribution >= 4 is 16.9 Å². The lowest BCUT2D eigenvalue weighted by atomic mass is 9.94. The highest BCUT2D eigenvalue weighted by Gasteiger charge is 2.22. The van der Waals surface area contributed by atoms with Crippen LogP contribution in [0.15, 0.2) is 54.9 Å². The van der Waals surface area contributed by atoms with Crippen molar-refractivity contribution in [3.8, 4) is 0 Å². The van der Waals surface area contributed by atoms with Gasteiger partial charge in [0.2, 0.25) is 0 Å². The van der Waals surface area contributed by atoms with Crippen molar-refractivity contribution in [1.29, 1.82) is 0 Å². The highest BCUT2D eigenvalue weighted by Crippen LogP contribution is 2.16. The minimum Gasteiger partial charge on any atom is -0.347 e. The van der Waals surface area contributed by atoms with Crippen molar-refractivity contribution in [2.45, 2.75) is 25.8 Å². The molecule has 0 fully saturated rings. The van der Waals surface area contributed by atoms with Gasteiger partial charge in [0.15, 0.2) is 0 Å². The number of hydrogen-bond donors (Lipinski definition) is 1. The van der Waals surface area contributed by atoms with Crippen LogP contribution in [0.2, 0.25) is 0 Å². The van der Waals surface area contributed by atoms with E-state index >= 15 is 0 Å². The maximum Gasteiger partial charge on any atom is 0.253 e. The lowest BCUT2D eigenvalue weighted by Crippen LogP contribution is -2.45. The second-order valence-electron chi connectivity index (χ2n) is 6.56. The highest BCUT2D eigenvalue weighted by atomic mass is 16.1. The lowest BCUT2D eigenvalue weighted by Gasteiger charge is -2.26. The summed E-state index contributed by atoms with van der Waals surface area (Å²) < 4.78 is 1.94. The molecule has 118 valence electrons. The van der Waals surface area contributed by atoms with Crippen LogP contribution >= 0.6 is 0 Å². The molecule has 0 unspecified atom stereocenters. The van der Waals surface area contributed by atoms with E-state index in [0.29, 0.717) is 5.56 Å². The van der Waals surface area contributed by atoms with Crippen LogP contribution in [0.25, 0.3) is 11.0 Å². The molecule has 0 bridgehead atoms. The Morgan fingerprint density at radius 2 is 1.96 bits per heavy atom. The predicted molar refractivity (Wildman–Crippen MR) is 92.4 cm³/mol. The highest BCUT2D eigenvalue weighted by molar-refractivity contribution is 5.97. The summed E-state index contributed by atoms with van der Waals surface area (Å²) in [6.45, 7) is 4.07. The fourth-order valence-corrected chi connectivity index (χ4v) is 2.81. The van der Waals surface area contributed by atoms with Gasteiger partial charge < -0.3 is 9.88 Å². The summed E-state index contributed by atoms with van der Waals surface area (Å²) >= 11 is 0. The largest absolute Gasteiger partial charge is 0.347 e. The molecule has 0 aliphatic carbocycles. The summed E-state index contributed by atoms with van der Waals surface area (Å²) in [6, 6.07) is 14.0. The first kappa shape index (κ1) is 15.3. The predicted octanol–water partition coefficient (Wildman–Crippen LogP) is 3.32. The number of aryl methyl sites for hydroxylation is 1. The number of rotatable bonds is 4. The first-order valence-electron chi connectivity index (χ1n) is 7.72. The van der Waals surface area contributed by atoms with E-state index in [1.807, 2.05) is 62.0 Å². The number of nitrogens with zero attached hydrogens (tertiary/aromatic N) is 2.